The maximum Gasteiger partial charge on any atom is 0.416 e. The molecule has 0 aliphatic heterocycles. The predicted octanol–water partition coefficient (Wildman–Crippen LogP) is 2.48. The summed E-state index contributed by atoms with van der Waals surface area (Å²) in [6, 6.07) is 2.91. The van der Waals surface area contributed by atoms with Gasteiger partial charge in [-0.25, -0.2) is 9.67 Å². The Balaban J connectivity index is 2.01. The fraction of sp³-hybridized carbons (Fsp3) is 0.357. The molecule has 1 heterocycles. The molecule has 0 unspecified atom stereocenters. The van der Waals surface area contributed by atoms with Crippen LogP contribution in [0.3, 0.4) is 0 Å². The topological polar surface area (TPSA) is 59.8 Å². The highest BCUT2D eigenvalue weighted by Gasteiger charge is 2.30. The fourth-order valence-electron chi connectivity index (χ4n) is 1.94. The molecule has 8 heteroatoms. The average Bonchev–Trinajstić information content (AvgIpc) is 2.97. The number of hydrogen-bond donors (Lipinski definition) is 1. The second-order valence-electron chi connectivity index (χ2n) is 4.91. The molecule has 0 saturated carbocycles. The Bertz CT molecular complexity index is 653. The van der Waals surface area contributed by atoms with Crippen LogP contribution >= 0.6 is 0 Å². The third-order valence-corrected chi connectivity index (χ3v) is 3.34. The minimum atomic E-state index is -4.37. The molecule has 2 aromatic rings. The van der Waals surface area contributed by atoms with Crippen LogP contribution in [0.4, 0.5) is 13.2 Å². The van der Waals surface area contributed by atoms with E-state index in [1.54, 1.807) is 13.8 Å². The molecule has 0 radical (unpaired) electrons. The number of carbonyl (C=O) groups is 1. The van der Waals surface area contributed by atoms with E-state index in [4.69, 9.17) is 0 Å². The number of carbonyl (C=O) groups excluding carboxylic acids is 1. The summed E-state index contributed by atoms with van der Waals surface area (Å²) in [6.45, 7) is 3.39. The minimum Gasteiger partial charge on any atom is -0.350 e. The van der Waals surface area contributed by atoms with Crippen molar-refractivity contribution in [1.29, 1.82) is 0 Å². The molecule has 0 aliphatic carbocycles. The molecule has 1 N–H and O–H groups in total. The number of benzene rings is 1. The van der Waals surface area contributed by atoms with Crippen LogP contribution in [-0.2, 0) is 17.5 Å². The Morgan fingerprint density at radius 2 is 2.14 bits per heavy atom. The molecule has 1 atom stereocenters. The van der Waals surface area contributed by atoms with Gasteiger partial charge in [-0.15, -0.1) is 0 Å². The summed E-state index contributed by atoms with van der Waals surface area (Å²) in [5, 5.41) is 6.55. The number of nitrogens with zero attached hydrogens (tertiary/aromatic N) is 3. The molecule has 0 saturated heterocycles. The molecule has 1 aromatic carbocycles. The van der Waals surface area contributed by atoms with Crippen molar-refractivity contribution in [3.8, 4) is 0 Å². The number of aryl methyl sites for hydroxylation is 1. The first-order valence-electron chi connectivity index (χ1n) is 6.57. The predicted molar refractivity (Wildman–Crippen MR) is 72.8 cm³/mol. The van der Waals surface area contributed by atoms with E-state index in [1.807, 2.05) is 0 Å². The van der Waals surface area contributed by atoms with E-state index in [0.29, 0.717) is 11.1 Å². The molecular formula is C14H15F3N4O. The van der Waals surface area contributed by atoms with E-state index in [9.17, 15) is 18.0 Å². The lowest BCUT2D eigenvalue weighted by Gasteiger charge is -2.14. The third kappa shape index (κ3) is 3.63. The first-order valence-corrected chi connectivity index (χ1v) is 6.57. The van der Waals surface area contributed by atoms with Crippen LogP contribution in [0.15, 0.2) is 30.9 Å². The number of hydrogen-bond acceptors (Lipinski definition) is 3. The number of halogens is 3. The van der Waals surface area contributed by atoms with E-state index in [-0.39, 0.29) is 12.5 Å². The molecular weight excluding hydrogens is 297 g/mol. The van der Waals surface area contributed by atoms with Crippen molar-refractivity contribution in [2.75, 3.05) is 0 Å². The van der Waals surface area contributed by atoms with Crippen LogP contribution in [0.1, 0.15) is 29.7 Å². The van der Waals surface area contributed by atoms with Crippen molar-refractivity contribution < 1.29 is 18.0 Å². The SMILES string of the molecule is Cc1cc(C(F)(F)F)ccc1CNC(=O)[C@@H](C)n1cncn1. The molecule has 0 bridgehead atoms. The summed E-state index contributed by atoms with van der Waals surface area (Å²) in [6.07, 6.45) is -1.62. The second-order valence-corrected chi connectivity index (χ2v) is 4.91. The Morgan fingerprint density at radius 3 is 2.68 bits per heavy atom. The Hall–Kier alpha value is -2.38. The van der Waals surface area contributed by atoms with Crippen LogP contribution in [0.5, 0.6) is 0 Å². The van der Waals surface area contributed by atoms with Gasteiger partial charge in [0.15, 0.2) is 0 Å². The summed E-state index contributed by atoms with van der Waals surface area (Å²) in [4.78, 5) is 15.7. The molecule has 0 fully saturated rings. The molecule has 2 rings (SSSR count). The van der Waals surface area contributed by atoms with Gasteiger partial charge in [0.1, 0.15) is 18.7 Å². The standard InChI is InChI=1S/C14H15F3N4O/c1-9-5-12(14(15,16)17)4-3-11(9)6-19-13(22)10(2)21-8-18-7-20-21/h3-5,7-8,10H,6H2,1-2H3,(H,19,22)/t10-/m1/s1. The highest BCUT2D eigenvalue weighted by molar-refractivity contribution is 5.79. The average molecular weight is 312 g/mol. The summed E-state index contributed by atoms with van der Waals surface area (Å²) in [7, 11) is 0. The normalized spacial score (nSPS) is 13.0. The maximum absolute atomic E-state index is 12.6. The van der Waals surface area contributed by atoms with Gasteiger partial charge < -0.3 is 5.32 Å². The van der Waals surface area contributed by atoms with Crippen LogP contribution in [0.25, 0.3) is 0 Å². The first kappa shape index (κ1) is 16.0. The number of nitrogens with one attached hydrogen (secondary N) is 1. The molecule has 118 valence electrons. The summed E-state index contributed by atoms with van der Waals surface area (Å²) in [5.74, 6) is -0.287. The quantitative estimate of drug-likeness (QED) is 0.943. The lowest BCUT2D eigenvalue weighted by molar-refractivity contribution is -0.137. The van der Waals surface area contributed by atoms with Gasteiger partial charge in [0.2, 0.25) is 5.91 Å². The van der Waals surface area contributed by atoms with Crippen molar-refractivity contribution >= 4 is 5.91 Å². The van der Waals surface area contributed by atoms with Gasteiger partial charge in [-0.2, -0.15) is 18.3 Å². The van der Waals surface area contributed by atoms with Crippen molar-refractivity contribution in [1.82, 2.24) is 20.1 Å². The number of amides is 1. The zero-order valence-corrected chi connectivity index (χ0v) is 12.1. The lowest BCUT2D eigenvalue weighted by Crippen LogP contribution is -2.31. The maximum atomic E-state index is 12.6. The number of rotatable bonds is 4. The second kappa shape index (κ2) is 6.17. The molecule has 22 heavy (non-hydrogen) atoms. The van der Waals surface area contributed by atoms with Crippen molar-refractivity contribution in [3.05, 3.63) is 47.5 Å². The Labute approximate surface area is 125 Å². The van der Waals surface area contributed by atoms with E-state index in [0.717, 1.165) is 12.1 Å². The summed E-state index contributed by atoms with van der Waals surface area (Å²) in [5.41, 5.74) is 0.409. The van der Waals surface area contributed by atoms with Gasteiger partial charge in [-0.05, 0) is 37.1 Å². The first-order chi connectivity index (χ1) is 10.3. The number of aromatic nitrogens is 3. The van der Waals surface area contributed by atoms with Gasteiger partial charge in [-0.1, -0.05) is 6.07 Å². The van der Waals surface area contributed by atoms with Crippen LogP contribution in [0.2, 0.25) is 0 Å². The fourth-order valence-corrected chi connectivity index (χ4v) is 1.94. The van der Waals surface area contributed by atoms with Gasteiger partial charge in [0.25, 0.3) is 0 Å². The zero-order chi connectivity index (χ0) is 16.3. The van der Waals surface area contributed by atoms with E-state index >= 15 is 0 Å². The monoisotopic (exact) mass is 312 g/mol. The summed E-state index contributed by atoms with van der Waals surface area (Å²) >= 11 is 0. The van der Waals surface area contributed by atoms with Crippen LogP contribution in [0, 0.1) is 6.92 Å². The minimum absolute atomic E-state index is 0.155. The van der Waals surface area contributed by atoms with Gasteiger partial charge in [0.05, 0.1) is 5.56 Å². The number of alkyl halides is 3. The Morgan fingerprint density at radius 1 is 1.41 bits per heavy atom. The largest absolute Gasteiger partial charge is 0.416 e. The lowest BCUT2D eigenvalue weighted by atomic mass is 10.0. The molecule has 0 spiro atoms. The van der Waals surface area contributed by atoms with Crippen molar-refractivity contribution in [2.45, 2.75) is 32.6 Å². The molecule has 0 aliphatic rings. The molecule has 5 nitrogen and oxygen atoms in total. The van der Waals surface area contributed by atoms with Gasteiger partial charge >= 0.3 is 6.18 Å². The van der Waals surface area contributed by atoms with Gasteiger partial charge in [0, 0.05) is 6.54 Å². The van der Waals surface area contributed by atoms with Crippen molar-refractivity contribution in [3.63, 3.8) is 0 Å². The smallest absolute Gasteiger partial charge is 0.350 e. The van der Waals surface area contributed by atoms with Crippen LogP contribution < -0.4 is 5.32 Å². The zero-order valence-electron chi connectivity index (χ0n) is 12.1. The third-order valence-electron chi connectivity index (χ3n) is 3.34. The van der Waals surface area contributed by atoms with Gasteiger partial charge in [-0.3, -0.25) is 4.79 Å². The van der Waals surface area contributed by atoms with E-state index in [1.165, 1.54) is 23.4 Å². The Kier molecular flexibility index (Phi) is 4.48. The highest BCUT2D eigenvalue weighted by atomic mass is 19.4. The molecule has 1 aromatic heterocycles. The molecule has 1 amide bonds. The van der Waals surface area contributed by atoms with E-state index in [2.05, 4.69) is 15.4 Å². The summed E-state index contributed by atoms with van der Waals surface area (Å²) < 4.78 is 39.2. The van der Waals surface area contributed by atoms with E-state index < -0.39 is 17.8 Å². The van der Waals surface area contributed by atoms with Crippen LogP contribution in [-0.4, -0.2) is 20.7 Å². The highest BCUT2D eigenvalue weighted by Crippen LogP contribution is 2.30. The van der Waals surface area contributed by atoms with Crippen molar-refractivity contribution in [2.24, 2.45) is 0 Å².